The van der Waals surface area contributed by atoms with Gasteiger partial charge in [-0.3, -0.25) is 10.1 Å². The van der Waals surface area contributed by atoms with Crippen LogP contribution in [0.2, 0.25) is 0 Å². The Bertz CT molecular complexity index is 1120. The van der Waals surface area contributed by atoms with E-state index in [1.807, 2.05) is 19.1 Å². The number of anilines is 2. The van der Waals surface area contributed by atoms with Crippen molar-refractivity contribution < 1.29 is 4.92 Å². The zero-order chi connectivity index (χ0) is 21.8. The lowest BCUT2D eigenvalue weighted by molar-refractivity contribution is -0.384. The van der Waals surface area contributed by atoms with Crippen LogP contribution in [0.25, 0.3) is 11.4 Å². The maximum Gasteiger partial charge on any atom is 0.269 e. The topological polar surface area (TPSA) is 121 Å². The lowest BCUT2D eigenvalue weighted by atomic mass is 10.0. The van der Waals surface area contributed by atoms with Gasteiger partial charge >= 0.3 is 0 Å². The number of aromatic nitrogens is 3. The van der Waals surface area contributed by atoms with Crippen LogP contribution in [0.1, 0.15) is 24.1 Å². The summed E-state index contributed by atoms with van der Waals surface area (Å²) >= 11 is 0. The summed E-state index contributed by atoms with van der Waals surface area (Å²) in [6.07, 6.45) is 3.46. The molecule has 1 aromatic carbocycles. The van der Waals surface area contributed by atoms with Crippen LogP contribution in [0, 0.1) is 28.4 Å². The van der Waals surface area contributed by atoms with Gasteiger partial charge in [0, 0.05) is 54.8 Å². The van der Waals surface area contributed by atoms with E-state index >= 15 is 0 Å². The van der Waals surface area contributed by atoms with Crippen molar-refractivity contribution in [3.8, 4) is 17.5 Å². The average molecular weight is 415 g/mol. The lowest BCUT2D eigenvalue weighted by Crippen LogP contribution is -2.39. The number of rotatable bonds is 5. The van der Waals surface area contributed by atoms with Crippen molar-refractivity contribution in [3.63, 3.8) is 0 Å². The fourth-order valence-electron chi connectivity index (χ4n) is 3.61. The van der Waals surface area contributed by atoms with Crippen molar-refractivity contribution in [1.82, 2.24) is 15.0 Å². The number of hydrogen-bond acceptors (Lipinski definition) is 8. The highest BCUT2D eigenvalue weighted by Gasteiger charge is 2.21. The number of hydrogen-bond donors (Lipinski definition) is 1. The molecule has 9 heteroatoms. The summed E-state index contributed by atoms with van der Waals surface area (Å²) in [5.74, 6) is 2.17. The number of non-ortho nitro benzene ring substituents is 1. The maximum atomic E-state index is 10.9. The molecule has 4 rings (SSSR count). The van der Waals surface area contributed by atoms with Gasteiger partial charge in [0.25, 0.3) is 5.69 Å². The standard InChI is InChI=1S/C22H21N7O2/c1-15-12-20(27-22(25-15)17-3-5-19(6-4-17)29(30)31)26-18-8-10-28(11-9-18)21-7-2-16(13-23)14-24-21/h2-7,12,14,18H,8-11H2,1H3,(H,25,26,27). The fourth-order valence-corrected chi connectivity index (χ4v) is 3.61. The van der Waals surface area contributed by atoms with Gasteiger partial charge in [-0.05, 0) is 44.0 Å². The third kappa shape index (κ3) is 4.75. The molecule has 0 unspecified atom stereocenters. The Morgan fingerprint density at radius 3 is 2.52 bits per heavy atom. The second kappa shape index (κ2) is 8.75. The summed E-state index contributed by atoms with van der Waals surface area (Å²) in [4.78, 5) is 26.1. The number of nitrogens with one attached hydrogen (secondary N) is 1. The average Bonchev–Trinajstić information content (AvgIpc) is 2.79. The minimum atomic E-state index is -0.423. The van der Waals surface area contributed by atoms with Gasteiger partial charge in [-0.1, -0.05) is 0 Å². The van der Waals surface area contributed by atoms with Crippen LogP contribution in [0.15, 0.2) is 48.7 Å². The van der Waals surface area contributed by atoms with Crippen LogP contribution in [0.3, 0.4) is 0 Å². The summed E-state index contributed by atoms with van der Waals surface area (Å²) in [5.41, 5.74) is 2.16. The van der Waals surface area contributed by atoms with Crippen molar-refractivity contribution in [2.24, 2.45) is 0 Å². The Balaban J connectivity index is 1.42. The Morgan fingerprint density at radius 2 is 1.90 bits per heavy atom. The minimum absolute atomic E-state index is 0.0401. The Morgan fingerprint density at radius 1 is 1.16 bits per heavy atom. The molecular formula is C22H21N7O2. The van der Waals surface area contributed by atoms with E-state index < -0.39 is 4.92 Å². The number of nitriles is 1. The third-order valence-electron chi connectivity index (χ3n) is 5.24. The molecule has 1 saturated heterocycles. The first-order chi connectivity index (χ1) is 15.0. The molecule has 1 fully saturated rings. The number of nitro groups is 1. The van der Waals surface area contributed by atoms with Crippen molar-refractivity contribution in [2.75, 3.05) is 23.3 Å². The van der Waals surface area contributed by atoms with Gasteiger partial charge < -0.3 is 10.2 Å². The van der Waals surface area contributed by atoms with Crippen molar-refractivity contribution in [3.05, 3.63) is 70.0 Å². The molecule has 1 N–H and O–H groups in total. The highest BCUT2D eigenvalue weighted by Crippen LogP contribution is 2.24. The van der Waals surface area contributed by atoms with Crippen molar-refractivity contribution in [2.45, 2.75) is 25.8 Å². The number of pyridine rings is 1. The molecule has 0 saturated carbocycles. The molecule has 0 spiro atoms. The number of benzene rings is 1. The monoisotopic (exact) mass is 415 g/mol. The maximum absolute atomic E-state index is 10.9. The van der Waals surface area contributed by atoms with Gasteiger partial charge in [-0.15, -0.1) is 0 Å². The van der Waals surface area contributed by atoms with Crippen LogP contribution in [-0.2, 0) is 0 Å². The molecule has 0 atom stereocenters. The van der Waals surface area contributed by atoms with E-state index in [1.165, 1.54) is 12.1 Å². The number of piperidine rings is 1. The second-order valence-electron chi connectivity index (χ2n) is 7.44. The zero-order valence-electron chi connectivity index (χ0n) is 17.0. The minimum Gasteiger partial charge on any atom is -0.367 e. The van der Waals surface area contributed by atoms with Gasteiger partial charge in [0.1, 0.15) is 17.7 Å². The van der Waals surface area contributed by atoms with E-state index in [0.29, 0.717) is 11.4 Å². The first-order valence-corrected chi connectivity index (χ1v) is 10.00. The zero-order valence-corrected chi connectivity index (χ0v) is 17.0. The SMILES string of the molecule is Cc1cc(NC2CCN(c3ccc(C#N)cn3)CC2)nc(-c2ccc([N+](=O)[O-])cc2)n1. The lowest BCUT2D eigenvalue weighted by Gasteiger charge is -2.33. The molecule has 0 amide bonds. The van der Waals surface area contributed by atoms with Crippen LogP contribution in [-0.4, -0.2) is 39.0 Å². The molecule has 1 aliphatic rings. The first-order valence-electron chi connectivity index (χ1n) is 10.00. The first kappa shape index (κ1) is 20.2. The molecule has 31 heavy (non-hydrogen) atoms. The molecule has 1 aliphatic heterocycles. The highest BCUT2D eigenvalue weighted by atomic mass is 16.6. The summed E-state index contributed by atoms with van der Waals surface area (Å²) in [6.45, 7) is 3.62. The van der Waals surface area contributed by atoms with E-state index in [-0.39, 0.29) is 11.7 Å². The highest BCUT2D eigenvalue weighted by molar-refractivity contribution is 5.59. The van der Waals surface area contributed by atoms with Gasteiger partial charge in [-0.25, -0.2) is 15.0 Å². The summed E-state index contributed by atoms with van der Waals surface area (Å²) < 4.78 is 0. The largest absolute Gasteiger partial charge is 0.367 e. The van der Waals surface area contributed by atoms with Crippen molar-refractivity contribution in [1.29, 1.82) is 5.26 Å². The Kier molecular flexibility index (Phi) is 5.71. The van der Waals surface area contributed by atoms with E-state index in [4.69, 9.17) is 5.26 Å². The predicted molar refractivity (Wildman–Crippen MR) is 117 cm³/mol. The molecule has 2 aromatic heterocycles. The van der Waals surface area contributed by atoms with Crippen LogP contribution < -0.4 is 10.2 Å². The molecule has 156 valence electrons. The summed E-state index contributed by atoms with van der Waals surface area (Å²) in [5, 5.41) is 23.3. The normalized spacial score (nSPS) is 14.1. The molecule has 3 heterocycles. The summed E-state index contributed by atoms with van der Waals surface area (Å²) in [7, 11) is 0. The number of aryl methyl sites for hydroxylation is 1. The molecule has 0 bridgehead atoms. The Hall–Kier alpha value is -4.06. The molecule has 3 aromatic rings. The van der Waals surface area contributed by atoms with E-state index in [9.17, 15) is 10.1 Å². The predicted octanol–water partition coefficient (Wildman–Crippen LogP) is 3.71. The van der Waals surface area contributed by atoms with Crippen LogP contribution in [0.5, 0.6) is 0 Å². The fraction of sp³-hybridized carbons (Fsp3) is 0.273. The second-order valence-corrected chi connectivity index (χ2v) is 7.44. The number of nitro benzene ring substituents is 1. The van der Waals surface area contributed by atoms with Gasteiger partial charge in [0.05, 0.1) is 10.5 Å². The third-order valence-corrected chi connectivity index (χ3v) is 5.24. The number of nitrogens with zero attached hydrogens (tertiary/aromatic N) is 6. The van der Waals surface area contributed by atoms with Gasteiger partial charge in [0.2, 0.25) is 0 Å². The van der Waals surface area contributed by atoms with Gasteiger partial charge in [0.15, 0.2) is 5.82 Å². The molecular weight excluding hydrogens is 394 g/mol. The molecule has 0 aliphatic carbocycles. The molecule has 0 radical (unpaired) electrons. The van der Waals surface area contributed by atoms with E-state index in [1.54, 1.807) is 24.4 Å². The summed E-state index contributed by atoms with van der Waals surface area (Å²) in [6, 6.07) is 14.2. The van der Waals surface area contributed by atoms with E-state index in [0.717, 1.165) is 48.8 Å². The van der Waals surface area contributed by atoms with Gasteiger partial charge in [-0.2, -0.15) is 5.26 Å². The smallest absolute Gasteiger partial charge is 0.269 e. The van der Waals surface area contributed by atoms with Crippen LogP contribution >= 0.6 is 0 Å². The quantitative estimate of drug-likeness (QED) is 0.494. The Labute approximate surface area is 179 Å². The molecule has 9 nitrogen and oxygen atoms in total. The van der Waals surface area contributed by atoms with E-state index in [2.05, 4.69) is 31.2 Å². The van der Waals surface area contributed by atoms with Crippen LogP contribution in [0.4, 0.5) is 17.3 Å². The van der Waals surface area contributed by atoms with Crippen molar-refractivity contribution >= 4 is 17.3 Å².